The van der Waals surface area contributed by atoms with E-state index in [2.05, 4.69) is 26.5 Å². The molecule has 2 aromatic rings. The highest BCUT2D eigenvalue weighted by molar-refractivity contribution is 9.10. The molecule has 0 saturated carbocycles. The highest BCUT2D eigenvalue weighted by Gasteiger charge is 2.08. The fraction of sp³-hybridized carbons (Fsp3) is 0.222. The predicted molar refractivity (Wildman–Crippen MR) is 96.0 cm³/mol. The molecule has 0 saturated heterocycles. The van der Waals surface area contributed by atoms with Crippen LogP contribution in [0, 0.1) is 20.8 Å². The minimum atomic E-state index is -0.304. The number of halogens is 1. The number of rotatable bonds is 5. The molecular formula is C18H19BrN2O2. The van der Waals surface area contributed by atoms with Crippen LogP contribution < -0.4 is 10.2 Å². The molecule has 0 aromatic heterocycles. The molecule has 4 nitrogen and oxygen atoms in total. The largest absolute Gasteiger partial charge is 0.482 e. The summed E-state index contributed by atoms with van der Waals surface area (Å²) in [6.07, 6.45) is 1.63. The van der Waals surface area contributed by atoms with Crippen LogP contribution in [0.25, 0.3) is 0 Å². The van der Waals surface area contributed by atoms with Gasteiger partial charge in [-0.25, -0.2) is 5.43 Å². The van der Waals surface area contributed by atoms with Crippen LogP contribution in [0.2, 0.25) is 0 Å². The summed E-state index contributed by atoms with van der Waals surface area (Å²) in [5.74, 6) is 0.371. The normalized spacial score (nSPS) is 10.8. The van der Waals surface area contributed by atoms with E-state index in [1.165, 1.54) is 0 Å². The van der Waals surface area contributed by atoms with E-state index in [9.17, 15) is 4.79 Å². The first-order valence-electron chi connectivity index (χ1n) is 7.24. The van der Waals surface area contributed by atoms with Crippen molar-refractivity contribution in [3.05, 3.63) is 63.1 Å². The molecule has 0 spiro atoms. The van der Waals surface area contributed by atoms with Crippen LogP contribution in [0.1, 0.15) is 22.3 Å². The van der Waals surface area contributed by atoms with E-state index in [1.54, 1.807) is 6.21 Å². The second-order valence-electron chi connectivity index (χ2n) is 5.33. The van der Waals surface area contributed by atoms with Crippen molar-refractivity contribution in [3.8, 4) is 5.75 Å². The Morgan fingerprint density at radius 3 is 2.65 bits per heavy atom. The van der Waals surface area contributed by atoms with Crippen molar-refractivity contribution < 1.29 is 9.53 Å². The molecule has 0 radical (unpaired) electrons. The smallest absolute Gasteiger partial charge is 0.277 e. The molecule has 2 rings (SSSR count). The van der Waals surface area contributed by atoms with Gasteiger partial charge in [0.25, 0.3) is 5.91 Å². The maximum Gasteiger partial charge on any atom is 0.277 e. The minimum absolute atomic E-state index is 0.0897. The molecule has 23 heavy (non-hydrogen) atoms. The first kappa shape index (κ1) is 17.2. The van der Waals surface area contributed by atoms with Crippen LogP contribution in [0.5, 0.6) is 5.75 Å². The number of hydrogen-bond acceptors (Lipinski definition) is 3. The molecule has 0 bridgehead atoms. The third-order valence-electron chi connectivity index (χ3n) is 3.30. The highest BCUT2D eigenvalue weighted by Crippen LogP contribution is 2.30. The number of hydrogen-bond donors (Lipinski definition) is 1. The van der Waals surface area contributed by atoms with Crippen LogP contribution >= 0.6 is 15.9 Å². The van der Waals surface area contributed by atoms with Gasteiger partial charge in [0.2, 0.25) is 0 Å². The van der Waals surface area contributed by atoms with Gasteiger partial charge in [-0.2, -0.15) is 5.10 Å². The second-order valence-corrected chi connectivity index (χ2v) is 6.19. The molecule has 0 aliphatic heterocycles. The summed E-state index contributed by atoms with van der Waals surface area (Å²) in [6, 6.07) is 11.8. The number of amides is 1. The molecular weight excluding hydrogens is 356 g/mol. The first-order valence-corrected chi connectivity index (χ1v) is 8.03. The van der Waals surface area contributed by atoms with Gasteiger partial charge in [-0.1, -0.05) is 30.3 Å². The Bertz CT molecular complexity index is 719. The Balaban J connectivity index is 1.90. The molecule has 5 heteroatoms. The van der Waals surface area contributed by atoms with E-state index in [0.29, 0.717) is 5.75 Å². The van der Waals surface area contributed by atoms with Crippen LogP contribution in [0.3, 0.4) is 0 Å². The van der Waals surface area contributed by atoms with Gasteiger partial charge < -0.3 is 4.74 Å². The second kappa shape index (κ2) is 7.92. The molecule has 2 aromatic carbocycles. The number of hydrazone groups is 1. The number of nitrogens with one attached hydrogen (secondary N) is 1. The molecule has 0 aliphatic rings. The summed E-state index contributed by atoms with van der Waals surface area (Å²) in [5, 5.41) is 3.96. The summed E-state index contributed by atoms with van der Waals surface area (Å²) < 4.78 is 6.42. The highest BCUT2D eigenvalue weighted by atomic mass is 79.9. The Labute approximate surface area is 144 Å². The molecule has 1 N–H and O–H groups in total. The lowest BCUT2D eigenvalue weighted by Gasteiger charge is -2.11. The quantitative estimate of drug-likeness (QED) is 0.637. The monoisotopic (exact) mass is 374 g/mol. The Hall–Kier alpha value is -2.14. The van der Waals surface area contributed by atoms with E-state index in [4.69, 9.17) is 4.74 Å². The summed E-state index contributed by atoms with van der Waals surface area (Å²) in [7, 11) is 0. The predicted octanol–water partition coefficient (Wildman–Crippen LogP) is 3.90. The Morgan fingerprint density at radius 2 is 1.96 bits per heavy atom. The van der Waals surface area contributed by atoms with Crippen LogP contribution in [0.15, 0.2) is 46.0 Å². The molecule has 0 atom stereocenters. The average molecular weight is 375 g/mol. The summed E-state index contributed by atoms with van der Waals surface area (Å²) >= 11 is 3.45. The van der Waals surface area contributed by atoms with Crippen molar-refractivity contribution in [3.63, 3.8) is 0 Å². The fourth-order valence-electron chi connectivity index (χ4n) is 2.16. The number of ether oxygens (including phenoxy) is 1. The molecule has 0 aliphatic carbocycles. The zero-order valence-corrected chi connectivity index (χ0v) is 15.0. The maximum atomic E-state index is 11.8. The van der Waals surface area contributed by atoms with Crippen molar-refractivity contribution in [1.82, 2.24) is 5.43 Å². The van der Waals surface area contributed by atoms with Crippen molar-refractivity contribution in [1.29, 1.82) is 0 Å². The lowest BCUT2D eigenvalue weighted by molar-refractivity contribution is -0.123. The van der Waals surface area contributed by atoms with Crippen molar-refractivity contribution >= 4 is 28.1 Å². The topological polar surface area (TPSA) is 50.7 Å². The summed E-state index contributed by atoms with van der Waals surface area (Å²) in [6.45, 7) is 5.85. The number of carbonyl (C=O) groups is 1. The van der Waals surface area contributed by atoms with Gasteiger partial charge in [0.15, 0.2) is 6.61 Å². The van der Waals surface area contributed by atoms with Gasteiger partial charge in [-0.3, -0.25) is 4.79 Å². The van der Waals surface area contributed by atoms with Crippen molar-refractivity contribution in [2.24, 2.45) is 5.10 Å². The Morgan fingerprint density at radius 1 is 1.22 bits per heavy atom. The minimum Gasteiger partial charge on any atom is -0.482 e. The first-order chi connectivity index (χ1) is 11.0. The van der Waals surface area contributed by atoms with Gasteiger partial charge >= 0.3 is 0 Å². The number of carbonyl (C=O) groups excluding carboxylic acids is 1. The molecule has 0 heterocycles. The number of aryl methyl sites for hydroxylation is 3. The van der Waals surface area contributed by atoms with Crippen LogP contribution in [-0.4, -0.2) is 18.7 Å². The average Bonchev–Trinajstić information content (AvgIpc) is 2.48. The maximum absolute atomic E-state index is 11.8. The molecule has 1 amide bonds. The molecule has 0 fully saturated rings. The molecule has 120 valence electrons. The summed E-state index contributed by atoms with van der Waals surface area (Å²) in [4.78, 5) is 11.8. The van der Waals surface area contributed by atoms with Crippen LogP contribution in [0.4, 0.5) is 0 Å². The van der Waals surface area contributed by atoms with Gasteiger partial charge in [0.05, 0.1) is 10.7 Å². The lowest BCUT2D eigenvalue weighted by Crippen LogP contribution is -2.25. The fourth-order valence-corrected chi connectivity index (χ4v) is 2.95. The third-order valence-corrected chi connectivity index (χ3v) is 3.89. The zero-order chi connectivity index (χ0) is 16.8. The van der Waals surface area contributed by atoms with Gasteiger partial charge in [-0.15, -0.1) is 0 Å². The standard InChI is InChI=1S/C18H19BrN2O2/c1-12-8-14(3)18(16(19)9-12)23-11-17(22)21-20-10-15-7-5-4-6-13(15)2/h4-10H,11H2,1-3H3,(H,21,22)/b20-10+. The van der Waals surface area contributed by atoms with Gasteiger partial charge in [0, 0.05) is 0 Å². The van der Waals surface area contributed by atoms with Gasteiger partial charge in [0.1, 0.15) is 5.75 Å². The van der Waals surface area contributed by atoms with Crippen molar-refractivity contribution in [2.75, 3.05) is 6.61 Å². The van der Waals surface area contributed by atoms with Crippen LogP contribution in [-0.2, 0) is 4.79 Å². The van der Waals surface area contributed by atoms with E-state index >= 15 is 0 Å². The third kappa shape index (κ3) is 4.93. The van der Waals surface area contributed by atoms with E-state index in [0.717, 1.165) is 26.7 Å². The number of benzene rings is 2. The lowest BCUT2D eigenvalue weighted by atomic mass is 10.1. The summed E-state index contributed by atoms with van der Waals surface area (Å²) in [5.41, 5.74) is 6.64. The Kier molecular flexibility index (Phi) is 5.93. The van der Waals surface area contributed by atoms with E-state index in [-0.39, 0.29) is 12.5 Å². The zero-order valence-electron chi connectivity index (χ0n) is 13.4. The van der Waals surface area contributed by atoms with Gasteiger partial charge in [-0.05, 0) is 65.0 Å². The van der Waals surface area contributed by atoms with E-state index in [1.807, 2.05) is 57.2 Å². The van der Waals surface area contributed by atoms with E-state index < -0.39 is 0 Å². The SMILES string of the molecule is Cc1cc(C)c(OCC(=O)N/N=C/c2ccccc2C)c(Br)c1. The van der Waals surface area contributed by atoms with Crippen molar-refractivity contribution in [2.45, 2.75) is 20.8 Å². The number of nitrogens with zero attached hydrogens (tertiary/aromatic N) is 1. The molecule has 0 unspecified atom stereocenters.